The fourth-order valence-corrected chi connectivity index (χ4v) is 3.61. The lowest BCUT2D eigenvalue weighted by Crippen LogP contribution is -2.36. The Hall–Kier alpha value is -2.08. The lowest BCUT2D eigenvalue weighted by atomic mass is 10.1. The number of hydrogen-bond donors (Lipinski definition) is 3. The van der Waals surface area contributed by atoms with Crippen LogP contribution in [0.4, 0.5) is 5.95 Å². The van der Waals surface area contributed by atoms with E-state index in [1.54, 1.807) is 12.1 Å². The highest BCUT2D eigenvalue weighted by atomic mass is 35.5. The molecule has 1 saturated heterocycles. The average Bonchev–Trinajstić information content (AvgIpc) is 3.00. The van der Waals surface area contributed by atoms with Crippen molar-refractivity contribution in [2.24, 2.45) is 0 Å². The summed E-state index contributed by atoms with van der Waals surface area (Å²) >= 11 is 5.96. The summed E-state index contributed by atoms with van der Waals surface area (Å²) in [6.45, 7) is 2.48. The van der Waals surface area contributed by atoms with E-state index in [4.69, 9.17) is 16.6 Å². The first kappa shape index (κ1) is 17.3. The van der Waals surface area contributed by atoms with Gasteiger partial charge in [0.2, 0.25) is 5.95 Å². The minimum absolute atomic E-state index is 0.402. The largest absolute Gasteiger partial charge is 0.387 e. The third kappa shape index (κ3) is 3.70. The first-order valence-electron chi connectivity index (χ1n) is 9.07. The molecule has 2 aromatic carbocycles. The van der Waals surface area contributed by atoms with E-state index in [1.807, 2.05) is 36.4 Å². The maximum atomic E-state index is 10.7. The van der Waals surface area contributed by atoms with Crippen LogP contribution in [-0.2, 0) is 6.54 Å². The fourth-order valence-electron chi connectivity index (χ4n) is 3.48. The van der Waals surface area contributed by atoms with Crippen LogP contribution in [0.25, 0.3) is 11.0 Å². The quantitative estimate of drug-likeness (QED) is 0.642. The average molecular weight is 371 g/mol. The van der Waals surface area contributed by atoms with E-state index >= 15 is 0 Å². The van der Waals surface area contributed by atoms with Gasteiger partial charge in [-0.1, -0.05) is 35.9 Å². The van der Waals surface area contributed by atoms with Gasteiger partial charge >= 0.3 is 0 Å². The van der Waals surface area contributed by atoms with Gasteiger partial charge in [0.15, 0.2) is 0 Å². The number of imidazole rings is 1. The lowest BCUT2D eigenvalue weighted by Gasteiger charge is -2.25. The molecule has 1 fully saturated rings. The van der Waals surface area contributed by atoms with Crippen molar-refractivity contribution in [2.45, 2.75) is 31.5 Å². The molecule has 3 N–H and O–H groups in total. The Morgan fingerprint density at radius 3 is 2.65 bits per heavy atom. The van der Waals surface area contributed by atoms with E-state index in [-0.39, 0.29) is 0 Å². The topological polar surface area (TPSA) is 62.1 Å². The molecule has 136 valence electrons. The van der Waals surface area contributed by atoms with Crippen LogP contribution >= 0.6 is 11.6 Å². The van der Waals surface area contributed by atoms with E-state index in [9.17, 15) is 5.11 Å². The molecular formula is C20H23ClN4O. The van der Waals surface area contributed by atoms with Gasteiger partial charge < -0.3 is 20.3 Å². The Labute approximate surface area is 158 Å². The SMILES string of the molecule is OC(Cn1c(NC2CCNCC2)nc2ccccc21)c1ccc(Cl)cc1. The Balaban J connectivity index is 1.63. The number of anilines is 1. The molecule has 4 rings (SSSR count). The van der Waals surface area contributed by atoms with Gasteiger partial charge in [-0.15, -0.1) is 0 Å². The molecule has 6 heteroatoms. The second kappa shape index (κ2) is 7.66. The maximum Gasteiger partial charge on any atom is 0.204 e. The monoisotopic (exact) mass is 370 g/mol. The number of nitrogens with one attached hydrogen (secondary N) is 2. The molecule has 1 aliphatic heterocycles. The van der Waals surface area contributed by atoms with Gasteiger partial charge in [-0.05, 0) is 55.8 Å². The molecule has 1 aliphatic rings. The van der Waals surface area contributed by atoms with Gasteiger partial charge in [-0.3, -0.25) is 0 Å². The molecule has 0 aliphatic carbocycles. The maximum absolute atomic E-state index is 10.7. The number of fused-ring (bicyclic) bond motifs is 1. The number of rotatable bonds is 5. The normalized spacial score (nSPS) is 16.7. The van der Waals surface area contributed by atoms with Crippen LogP contribution in [0.5, 0.6) is 0 Å². The van der Waals surface area contributed by atoms with Gasteiger partial charge in [-0.2, -0.15) is 0 Å². The Morgan fingerprint density at radius 1 is 1.15 bits per heavy atom. The van der Waals surface area contributed by atoms with E-state index < -0.39 is 6.10 Å². The fraction of sp³-hybridized carbons (Fsp3) is 0.350. The van der Waals surface area contributed by atoms with Crippen LogP contribution in [-0.4, -0.2) is 33.8 Å². The highest BCUT2D eigenvalue weighted by Crippen LogP contribution is 2.26. The van der Waals surface area contributed by atoms with Crippen molar-refractivity contribution in [3.8, 4) is 0 Å². The van der Waals surface area contributed by atoms with Crippen molar-refractivity contribution in [2.75, 3.05) is 18.4 Å². The number of aromatic nitrogens is 2. The van der Waals surface area contributed by atoms with Crippen molar-refractivity contribution in [1.29, 1.82) is 0 Å². The minimum Gasteiger partial charge on any atom is -0.387 e. The standard InChI is InChI=1S/C20H23ClN4O/c21-15-7-5-14(6-8-15)19(26)13-25-18-4-2-1-3-17(18)24-20(25)23-16-9-11-22-12-10-16/h1-8,16,19,22,26H,9-13H2,(H,23,24). The summed E-state index contributed by atoms with van der Waals surface area (Å²) in [7, 11) is 0. The number of nitrogens with zero attached hydrogens (tertiary/aromatic N) is 2. The van der Waals surface area contributed by atoms with Crippen LogP contribution in [0.1, 0.15) is 24.5 Å². The summed E-state index contributed by atoms with van der Waals surface area (Å²) in [4.78, 5) is 4.77. The number of piperidine rings is 1. The third-order valence-electron chi connectivity index (χ3n) is 4.94. The Bertz CT molecular complexity index is 871. The summed E-state index contributed by atoms with van der Waals surface area (Å²) in [5.41, 5.74) is 2.81. The number of aliphatic hydroxyl groups is 1. The molecule has 0 radical (unpaired) electrons. The highest BCUT2D eigenvalue weighted by Gasteiger charge is 2.19. The molecular weight excluding hydrogens is 348 g/mol. The van der Waals surface area contributed by atoms with Crippen LogP contribution in [0.3, 0.4) is 0 Å². The van der Waals surface area contributed by atoms with Crippen molar-refractivity contribution in [3.63, 3.8) is 0 Å². The molecule has 2 heterocycles. The second-order valence-corrected chi connectivity index (χ2v) is 7.21. The molecule has 3 aromatic rings. The molecule has 5 nitrogen and oxygen atoms in total. The Kier molecular flexibility index (Phi) is 5.11. The minimum atomic E-state index is -0.626. The van der Waals surface area contributed by atoms with Crippen molar-refractivity contribution in [1.82, 2.24) is 14.9 Å². The summed E-state index contributed by atoms with van der Waals surface area (Å²) in [6.07, 6.45) is 1.52. The summed E-state index contributed by atoms with van der Waals surface area (Å²) in [6, 6.07) is 15.8. The predicted octanol–water partition coefficient (Wildman–Crippen LogP) is 3.59. The van der Waals surface area contributed by atoms with Crippen molar-refractivity contribution in [3.05, 3.63) is 59.1 Å². The van der Waals surface area contributed by atoms with Gasteiger partial charge in [0.05, 0.1) is 23.7 Å². The lowest BCUT2D eigenvalue weighted by molar-refractivity contribution is 0.158. The number of benzene rings is 2. The Morgan fingerprint density at radius 2 is 1.88 bits per heavy atom. The van der Waals surface area contributed by atoms with E-state index in [1.165, 1.54) is 0 Å². The van der Waals surface area contributed by atoms with Gasteiger partial charge in [0.1, 0.15) is 0 Å². The zero-order chi connectivity index (χ0) is 17.9. The summed E-state index contributed by atoms with van der Waals surface area (Å²) < 4.78 is 2.08. The van der Waals surface area contributed by atoms with Gasteiger partial charge in [-0.25, -0.2) is 4.98 Å². The molecule has 0 spiro atoms. The van der Waals surface area contributed by atoms with E-state index in [0.717, 1.165) is 48.5 Å². The van der Waals surface area contributed by atoms with Gasteiger partial charge in [0, 0.05) is 11.1 Å². The van der Waals surface area contributed by atoms with Crippen LogP contribution in [0.2, 0.25) is 5.02 Å². The molecule has 1 atom stereocenters. The van der Waals surface area contributed by atoms with Crippen LogP contribution < -0.4 is 10.6 Å². The number of aliphatic hydroxyl groups excluding tert-OH is 1. The van der Waals surface area contributed by atoms with Crippen LogP contribution in [0, 0.1) is 0 Å². The zero-order valence-electron chi connectivity index (χ0n) is 14.5. The van der Waals surface area contributed by atoms with E-state index in [2.05, 4.69) is 15.2 Å². The molecule has 0 bridgehead atoms. The molecule has 1 aromatic heterocycles. The van der Waals surface area contributed by atoms with Gasteiger partial charge in [0.25, 0.3) is 0 Å². The second-order valence-electron chi connectivity index (χ2n) is 6.77. The molecule has 0 saturated carbocycles. The zero-order valence-corrected chi connectivity index (χ0v) is 15.3. The predicted molar refractivity (Wildman–Crippen MR) is 106 cm³/mol. The number of hydrogen-bond acceptors (Lipinski definition) is 4. The van der Waals surface area contributed by atoms with E-state index in [0.29, 0.717) is 17.6 Å². The third-order valence-corrected chi connectivity index (χ3v) is 5.19. The smallest absolute Gasteiger partial charge is 0.204 e. The van der Waals surface area contributed by atoms with Crippen molar-refractivity contribution < 1.29 is 5.11 Å². The number of halogens is 1. The summed E-state index contributed by atoms with van der Waals surface area (Å²) in [5.74, 6) is 0.825. The molecule has 0 amide bonds. The molecule has 1 unspecified atom stereocenters. The summed E-state index contributed by atoms with van der Waals surface area (Å²) in [5, 5.41) is 18.4. The van der Waals surface area contributed by atoms with Crippen LogP contribution in [0.15, 0.2) is 48.5 Å². The first-order valence-corrected chi connectivity index (χ1v) is 9.44. The molecule has 26 heavy (non-hydrogen) atoms. The highest BCUT2D eigenvalue weighted by molar-refractivity contribution is 6.30. The number of para-hydroxylation sites is 2. The first-order chi connectivity index (χ1) is 12.7. The van der Waals surface area contributed by atoms with Crippen molar-refractivity contribution >= 4 is 28.6 Å².